The predicted octanol–water partition coefficient (Wildman–Crippen LogP) is 0.344. The molecule has 2 aromatic rings. The molecule has 2 aromatic heterocycles. The van der Waals surface area contributed by atoms with Gasteiger partial charge in [-0.05, 0) is 13.0 Å². The molecule has 3 rings (SSSR count). The standard InChI is InChI=1S/C13H17N7OS/c1-10-16-13(18-17-10)22-9-11(21)19-5-7-20(8-6-19)12-14-3-2-4-15-12/h2-4H,5-9H2,1H3,(H,16,17,18). The Morgan fingerprint density at radius 1 is 1.27 bits per heavy atom. The van der Waals surface area contributed by atoms with Crippen molar-refractivity contribution in [1.29, 1.82) is 0 Å². The summed E-state index contributed by atoms with van der Waals surface area (Å²) < 4.78 is 0. The molecule has 1 N–H and O–H groups in total. The molecular weight excluding hydrogens is 302 g/mol. The fourth-order valence-electron chi connectivity index (χ4n) is 2.21. The quantitative estimate of drug-likeness (QED) is 0.813. The first-order chi connectivity index (χ1) is 10.7. The number of aromatic amines is 1. The lowest BCUT2D eigenvalue weighted by Crippen LogP contribution is -2.49. The Balaban J connectivity index is 1.47. The molecule has 1 amide bonds. The minimum absolute atomic E-state index is 0.112. The lowest BCUT2D eigenvalue weighted by Gasteiger charge is -2.34. The van der Waals surface area contributed by atoms with Crippen LogP contribution in [0.2, 0.25) is 0 Å². The van der Waals surface area contributed by atoms with Crippen molar-refractivity contribution in [2.75, 3.05) is 36.8 Å². The average molecular weight is 319 g/mol. The van der Waals surface area contributed by atoms with Crippen LogP contribution in [-0.2, 0) is 4.79 Å². The Morgan fingerprint density at radius 2 is 2.00 bits per heavy atom. The number of carbonyl (C=O) groups is 1. The third kappa shape index (κ3) is 3.53. The number of carbonyl (C=O) groups excluding carboxylic acids is 1. The highest BCUT2D eigenvalue weighted by molar-refractivity contribution is 7.99. The van der Waals surface area contributed by atoms with Gasteiger partial charge in [-0.3, -0.25) is 9.89 Å². The van der Waals surface area contributed by atoms with Gasteiger partial charge in [0.2, 0.25) is 17.0 Å². The number of H-pyrrole nitrogens is 1. The number of thioether (sulfide) groups is 1. The molecule has 3 heterocycles. The first-order valence-corrected chi connectivity index (χ1v) is 8.02. The van der Waals surface area contributed by atoms with E-state index in [-0.39, 0.29) is 5.91 Å². The maximum absolute atomic E-state index is 12.2. The highest BCUT2D eigenvalue weighted by Gasteiger charge is 2.22. The minimum Gasteiger partial charge on any atom is -0.338 e. The normalized spacial score (nSPS) is 15.1. The van der Waals surface area contributed by atoms with Crippen molar-refractivity contribution in [1.82, 2.24) is 30.0 Å². The van der Waals surface area contributed by atoms with Crippen molar-refractivity contribution in [3.63, 3.8) is 0 Å². The second-order valence-corrected chi connectivity index (χ2v) is 5.85. The third-order valence-corrected chi connectivity index (χ3v) is 4.20. The average Bonchev–Trinajstić information content (AvgIpc) is 2.99. The van der Waals surface area contributed by atoms with Gasteiger partial charge in [-0.25, -0.2) is 15.0 Å². The molecule has 8 nitrogen and oxygen atoms in total. The maximum atomic E-state index is 12.2. The van der Waals surface area contributed by atoms with Crippen molar-refractivity contribution in [3.8, 4) is 0 Å². The molecule has 0 bridgehead atoms. The molecule has 0 radical (unpaired) electrons. The van der Waals surface area contributed by atoms with Crippen LogP contribution in [0.4, 0.5) is 5.95 Å². The molecule has 1 fully saturated rings. The summed E-state index contributed by atoms with van der Waals surface area (Å²) in [4.78, 5) is 28.8. The second-order valence-electron chi connectivity index (χ2n) is 4.91. The number of anilines is 1. The summed E-state index contributed by atoms with van der Waals surface area (Å²) in [6.45, 7) is 4.71. The van der Waals surface area contributed by atoms with E-state index in [4.69, 9.17) is 0 Å². The SMILES string of the molecule is Cc1nc(SCC(=O)N2CCN(c3ncccn3)CC2)n[nH]1. The first-order valence-electron chi connectivity index (χ1n) is 7.04. The van der Waals surface area contributed by atoms with Crippen molar-refractivity contribution >= 4 is 23.6 Å². The van der Waals surface area contributed by atoms with Crippen LogP contribution in [0.3, 0.4) is 0 Å². The first kappa shape index (κ1) is 14.8. The van der Waals surface area contributed by atoms with Crippen LogP contribution in [0.1, 0.15) is 5.82 Å². The van der Waals surface area contributed by atoms with Gasteiger partial charge in [-0.15, -0.1) is 5.10 Å². The van der Waals surface area contributed by atoms with Crippen molar-refractivity contribution in [2.24, 2.45) is 0 Å². The summed E-state index contributed by atoms with van der Waals surface area (Å²) in [6, 6.07) is 1.80. The summed E-state index contributed by atoms with van der Waals surface area (Å²) in [7, 11) is 0. The molecule has 9 heteroatoms. The Labute approximate surface area is 132 Å². The third-order valence-electron chi connectivity index (χ3n) is 3.37. The van der Waals surface area contributed by atoms with Crippen LogP contribution < -0.4 is 4.90 Å². The van der Waals surface area contributed by atoms with Gasteiger partial charge in [0, 0.05) is 38.6 Å². The van der Waals surface area contributed by atoms with Gasteiger partial charge in [-0.1, -0.05) is 11.8 Å². The Bertz CT molecular complexity index is 624. The molecule has 116 valence electrons. The van der Waals surface area contributed by atoms with Gasteiger partial charge in [0.1, 0.15) is 5.82 Å². The highest BCUT2D eigenvalue weighted by atomic mass is 32.2. The highest BCUT2D eigenvalue weighted by Crippen LogP contribution is 2.15. The molecule has 0 spiro atoms. The van der Waals surface area contributed by atoms with E-state index < -0.39 is 0 Å². The number of aryl methyl sites for hydroxylation is 1. The Kier molecular flexibility index (Phi) is 4.52. The van der Waals surface area contributed by atoms with E-state index in [1.54, 1.807) is 18.5 Å². The van der Waals surface area contributed by atoms with Crippen LogP contribution in [0.25, 0.3) is 0 Å². The molecule has 0 atom stereocenters. The van der Waals surface area contributed by atoms with Crippen molar-refractivity contribution in [3.05, 3.63) is 24.3 Å². The molecule has 1 saturated heterocycles. The van der Waals surface area contributed by atoms with Crippen LogP contribution in [-0.4, -0.2) is 67.9 Å². The summed E-state index contributed by atoms with van der Waals surface area (Å²) in [5, 5.41) is 7.40. The van der Waals surface area contributed by atoms with E-state index in [1.807, 2.05) is 11.8 Å². The number of amides is 1. The van der Waals surface area contributed by atoms with Crippen LogP contribution in [0.5, 0.6) is 0 Å². The lowest BCUT2D eigenvalue weighted by molar-refractivity contribution is -0.128. The number of hydrogen-bond donors (Lipinski definition) is 1. The van der Waals surface area contributed by atoms with Gasteiger partial charge in [0.05, 0.1) is 5.75 Å². The Hall–Kier alpha value is -2.16. The van der Waals surface area contributed by atoms with E-state index in [1.165, 1.54) is 11.8 Å². The van der Waals surface area contributed by atoms with Gasteiger partial charge in [0.15, 0.2) is 0 Å². The minimum atomic E-state index is 0.112. The topological polar surface area (TPSA) is 90.9 Å². The molecule has 1 aliphatic rings. The van der Waals surface area contributed by atoms with Gasteiger partial charge < -0.3 is 9.80 Å². The molecular formula is C13H17N7OS. The Morgan fingerprint density at radius 3 is 2.64 bits per heavy atom. The fourth-order valence-corrected chi connectivity index (χ4v) is 2.96. The number of hydrogen-bond acceptors (Lipinski definition) is 7. The van der Waals surface area contributed by atoms with E-state index in [0.29, 0.717) is 24.0 Å². The number of nitrogens with zero attached hydrogens (tertiary/aromatic N) is 6. The van der Waals surface area contributed by atoms with Gasteiger partial charge in [-0.2, -0.15) is 0 Å². The van der Waals surface area contributed by atoms with Crippen molar-refractivity contribution in [2.45, 2.75) is 12.1 Å². The van der Waals surface area contributed by atoms with Crippen LogP contribution in [0, 0.1) is 6.92 Å². The zero-order valence-corrected chi connectivity index (χ0v) is 13.1. The summed E-state index contributed by atoms with van der Waals surface area (Å²) in [5.74, 6) is 1.95. The molecule has 0 saturated carbocycles. The number of aromatic nitrogens is 5. The van der Waals surface area contributed by atoms with Crippen LogP contribution in [0.15, 0.2) is 23.6 Å². The zero-order chi connectivity index (χ0) is 15.4. The molecule has 0 unspecified atom stereocenters. The second kappa shape index (κ2) is 6.73. The fraction of sp³-hybridized carbons (Fsp3) is 0.462. The largest absolute Gasteiger partial charge is 0.338 e. The molecule has 1 aliphatic heterocycles. The number of piperazine rings is 1. The van der Waals surface area contributed by atoms with E-state index >= 15 is 0 Å². The number of rotatable bonds is 4. The molecule has 0 aromatic carbocycles. The van der Waals surface area contributed by atoms with Crippen molar-refractivity contribution < 1.29 is 4.79 Å². The smallest absolute Gasteiger partial charge is 0.233 e. The lowest BCUT2D eigenvalue weighted by atomic mass is 10.3. The molecule has 0 aliphatic carbocycles. The molecule has 22 heavy (non-hydrogen) atoms. The number of nitrogens with one attached hydrogen (secondary N) is 1. The zero-order valence-electron chi connectivity index (χ0n) is 12.3. The van der Waals surface area contributed by atoms with Gasteiger partial charge >= 0.3 is 0 Å². The summed E-state index contributed by atoms with van der Waals surface area (Å²) in [5.41, 5.74) is 0. The van der Waals surface area contributed by atoms with Gasteiger partial charge in [0.25, 0.3) is 0 Å². The summed E-state index contributed by atoms with van der Waals surface area (Å²) in [6.07, 6.45) is 3.46. The monoisotopic (exact) mass is 319 g/mol. The van der Waals surface area contributed by atoms with E-state index in [2.05, 4.69) is 30.0 Å². The summed E-state index contributed by atoms with van der Waals surface area (Å²) >= 11 is 1.36. The maximum Gasteiger partial charge on any atom is 0.233 e. The van der Waals surface area contributed by atoms with Crippen LogP contribution >= 0.6 is 11.8 Å². The van der Waals surface area contributed by atoms with E-state index in [0.717, 1.165) is 24.9 Å². The predicted molar refractivity (Wildman–Crippen MR) is 82.7 cm³/mol. The van der Waals surface area contributed by atoms with E-state index in [9.17, 15) is 4.79 Å².